The van der Waals surface area contributed by atoms with Gasteiger partial charge in [-0.25, -0.2) is 9.50 Å². The van der Waals surface area contributed by atoms with E-state index in [1.165, 1.54) is 16.7 Å². The third-order valence-corrected chi connectivity index (χ3v) is 7.58. The van der Waals surface area contributed by atoms with Crippen LogP contribution < -0.4 is 5.32 Å². The maximum absolute atomic E-state index is 12.6. The fourth-order valence-electron chi connectivity index (χ4n) is 5.45. The predicted molar refractivity (Wildman–Crippen MR) is 160 cm³/mol. The van der Waals surface area contributed by atoms with E-state index in [0.29, 0.717) is 26.1 Å². The van der Waals surface area contributed by atoms with E-state index >= 15 is 0 Å². The van der Waals surface area contributed by atoms with Crippen molar-refractivity contribution in [3.05, 3.63) is 70.2 Å². The summed E-state index contributed by atoms with van der Waals surface area (Å²) in [6, 6.07) is 10.4. The first kappa shape index (κ1) is 31.0. The molecule has 0 spiro atoms. The monoisotopic (exact) mass is 574 g/mol. The maximum Gasteiger partial charge on any atom is 0.242 e. The zero-order valence-electron chi connectivity index (χ0n) is 23.0. The summed E-state index contributed by atoms with van der Waals surface area (Å²) in [4.78, 5) is 21.7. The molecule has 39 heavy (non-hydrogen) atoms. The zero-order valence-corrected chi connectivity index (χ0v) is 24.6. The van der Waals surface area contributed by atoms with Crippen LogP contribution in [-0.4, -0.2) is 86.8 Å². The van der Waals surface area contributed by atoms with Crippen LogP contribution in [0.2, 0.25) is 0 Å². The summed E-state index contributed by atoms with van der Waals surface area (Å²) < 4.78 is 1.98. The van der Waals surface area contributed by atoms with Gasteiger partial charge >= 0.3 is 0 Å². The van der Waals surface area contributed by atoms with Crippen molar-refractivity contribution in [2.75, 3.05) is 39.3 Å². The molecule has 0 radical (unpaired) electrons. The molecule has 2 N–H and O–H groups in total. The fourth-order valence-corrected chi connectivity index (χ4v) is 5.45. The molecule has 0 saturated carbocycles. The van der Waals surface area contributed by atoms with Gasteiger partial charge in [0.15, 0.2) is 5.65 Å². The van der Waals surface area contributed by atoms with Gasteiger partial charge in [-0.05, 0) is 50.4 Å². The van der Waals surface area contributed by atoms with Crippen LogP contribution >= 0.6 is 24.8 Å². The molecule has 3 aromatic rings. The Morgan fingerprint density at radius 1 is 1.13 bits per heavy atom. The average Bonchev–Trinajstić information content (AvgIpc) is 3.48. The van der Waals surface area contributed by atoms with Gasteiger partial charge in [-0.15, -0.1) is 24.8 Å². The molecular weight excluding hydrogens is 535 g/mol. The highest BCUT2D eigenvalue weighted by atomic mass is 35.5. The van der Waals surface area contributed by atoms with Gasteiger partial charge in [0.2, 0.25) is 5.91 Å². The SMILES string of the molecule is CCc1nn2c(C)cc(C)nc2c1Cc1ccc(C=CCN2CCN(C(=O)[C@H]3NCC[C@H]3O)CC2)cc1.Cl.Cl. The van der Waals surface area contributed by atoms with Gasteiger partial charge < -0.3 is 15.3 Å². The Bertz CT molecular complexity index is 1290. The second-order valence-corrected chi connectivity index (χ2v) is 10.3. The van der Waals surface area contributed by atoms with Gasteiger partial charge in [0, 0.05) is 56.1 Å². The first-order valence-corrected chi connectivity index (χ1v) is 13.5. The molecule has 212 valence electrons. The molecule has 1 amide bonds. The van der Waals surface area contributed by atoms with E-state index in [2.05, 4.69) is 66.5 Å². The third kappa shape index (κ3) is 6.99. The number of nitrogens with one attached hydrogen (secondary N) is 1. The predicted octanol–water partition coefficient (Wildman–Crippen LogP) is 3.22. The summed E-state index contributed by atoms with van der Waals surface area (Å²) in [5.41, 5.74) is 7.87. The lowest BCUT2D eigenvalue weighted by Gasteiger charge is -2.35. The van der Waals surface area contributed by atoms with Gasteiger partial charge in [0.1, 0.15) is 6.04 Å². The van der Waals surface area contributed by atoms with E-state index in [1.807, 2.05) is 16.3 Å². The standard InChI is InChI=1S/C29H38N6O2.2ClH/c1-4-25-24(28-31-20(2)18-21(3)35(28)32-25)19-23-9-7-22(8-10-23)6-5-13-33-14-16-34(17-15-33)29(37)27-26(36)11-12-30-27;;/h5-10,18,26-27,30,36H,4,11-17,19H2,1-3H3;2*1H/t26-,27+;;/m1../s1. The van der Waals surface area contributed by atoms with Gasteiger partial charge in [0.25, 0.3) is 0 Å². The number of hydrogen-bond acceptors (Lipinski definition) is 6. The normalized spacial score (nSPS) is 19.8. The van der Waals surface area contributed by atoms with Crippen LogP contribution in [0.4, 0.5) is 0 Å². The number of rotatable bonds is 7. The number of carbonyl (C=O) groups is 1. The van der Waals surface area contributed by atoms with Crippen LogP contribution in [-0.2, 0) is 17.6 Å². The molecule has 2 aliphatic heterocycles. The highest BCUT2D eigenvalue weighted by molar-refractivity contribution is 5.85. The number of hydrogen-bond donors (Lipinski definition) is 2. The minimum absolute atomic E-state index is 0. The zero-order chi connectivity index (χ0) is 25.9. The number of piperazine rings is 1. The largest absolute Gasteiger partial charge is 0.391 e. The number of fused-ring (bicyclic) bond motifs is 1. The van der Waals surface area contributed by atoms with Gasteiger partial charge in [0.05, 0.1) is 11.8 Å². The van der Waals surface area contributed by atoms with Crippen LogP contribution in [0, 0.1) is 13.8 Å². The van der Waals surface area contributed by atoms with E-state index in [0.717, 1.165) is 55.2 Å². The van der Waals surface area contributed by atoms with Gasteiger partial charge in [-0.1, -0.05) is 43.3 Å². The van der Waals surface area contributed by atoms with Gasteiger partial charge in [-0.3, -0.25) is 9.69 Å². The number of nitrogens with zero attached hydrogens (tertiary/aromatic N) is 5. The topological polar surface area (TPSA) is 86.0 Å². The van der Waals surface area contributed by atoms with Crippen molar-refractivity contribution >= 4 is 42.4 Å². The van der Waals surface area contributed by atoms with Crippen molar-refractivity contribution in [1.29, 1.82) is 0 Å². The van der Waals surface area contributed by atoms with E-state index < -0.39 is 12.1 Å². The third-order valence-electron chi connectivity index (χ3n) is 7.58. The minimum atomic E-state index is -0.557. The van der Waals surface area contributed by atoms with Crippen LogP contribution in [0.25, 0.3) is 11.7 Å². The van der Waals surface area contributed by atoms with Crippen LogP contribution in [0.1, 0.15) is 47.1 Å². The molecular formula is C29H40Cl2N6O2. The number of aliphatic hydroxyl groups excluding tert-OH is 1. The molecule has 2 fully saturated rings. The highest BCUT2D eigenvalue weighted by Crippen LogP contribution is 2.21. The fraction of sp³-hybridized carbons (Fsp3) is 0.483. The highest BCUT2D eigenvalue weighted by Gasteiger charge is 2.35. The summed E-state index contributed by atoms with van der Waals surface area (Å²) in [5, 5.41) is 17.9. The molecule has 2 aromatic heterocycles. The minimum Gasteiger partial charge on any atom is -0.391 e. The number of halogens is 2. The summed E-state index contributed by atoms with van der Waals surface area (Å²) in [6.07, 6.45) is 6.17. The van der Waals surface area contributed by atoms with Crippen molar-refractivity contribution in [3.63, 3.8) is 0 Å². The molecule has 0 unspecified atom stereocenters. The average molecular weight is 576 g/mol. The lowest BCUT2D eigenvalue weighted by Crippen LogP contribution is -2.54. The molecule has 1 aromatic carbocycles. The lowest BCUT2D eigenvalue weighted by atomic mass is 10.0. The van der Waals surface area contributed by atoms with Crippen molar-refractivity contribution < 1.29 is 9.90 Å². The van der Waals surface area contributed by atoms with E-state index in [4.69, 9.17) is 10.1 Å². The number of aryl methyl sites for hydroxylation is 3. The molecule has 5 rings (SSSR count). The molecule has 2 saturated heterocycles. The van der Waals surface area contributed by atoms with E-state index in [9.17, 15) is 9.90 Å². The van der Waals surface area contributed by atoms with Gasteiger partial charge in [-0.2, -0.15) is 5.10 Å². The van der Waals surface area contributed by atoms with E-state index in [1.54, 1.807) is 0 Å². The first-order valence-electron chi connectivity index (χ1n) is 13.5. The molecule has 2 aliphatic rings. The Morgan fingerprint density at radius 2 is 1.85 bits per heavy atom. The van der Waals surface area contributed by atoms with Crippen LogP contribution in [0.15, 0.2) is 36.4 Å². The number of amides is 1. The number of aromatic nitrogens is 3. The number of benzene rings is 1. The van der Waals surface area contributed by atoms with Crippen molar-refractivity contribution in [1.82, 2.24) is 29.7 Å². The Morgan fingerprint density at radius 3 is 2.49 bits per heavy atom. The van der Waals surface area contributed by atoms with Crippen molar-refractivity contribution in [3.8, 4) is 0 Å². The van der Waals surface area contributed by atoms with Crippen LogP contribution in [0.3, 0.4) is 0 Å². The molecule has 8 nitrogen and oxygen atoms in total. The first-order chi connectivity index (χ1) is 17.9. The maximum atomic E-state index is 12.6. The van der Waals surface area contributed by atoms with E-state index in [-0.39, 0.29) is 30.7 Å². The molecule has 10 heteroatoms. The second kappa shape index (κ2) is 13.7. The molecule has 0 aliphatic carbocycles. The molecule has 4 heterocycles. The molecule has 2 atom stereocenters. The lowest BCUT2D eigenvalue weighted by molar-refractivity contribution is -0.136. The van der Waals surface area contributed by atoms with Crippen molar-refractivity contribution in [2.45, 2.75) is 52.2 Å². The summed E-state index contributed by atoms with van der Waals surface area (Å²) in [5.74, 6) is 0.0384. The Kier molecular flexibility index (Phi) is 10.9. The van der Waals surface area contributed by atoms with Crippen LogP contribution in [0.5, 0.6) is 0 Å². The Hall–Kier alpha value is -2.49. The quantitative estimate of drug-likeness (QED) is 0.450. The summed E-state index contributed by atoms with van der Waals surface area (Å²) >= 11 is 0. The smallest absolute Gasteiger partial charge is 0.242 e. The second-order valence-electron chi connectivity index (χ2n) is 10.3. The van der Waals surface area contributed by atoms with Crippen molar-refractivity contribution in [2.24, 2.45) is 0 Å². The molecule has 0 bridgehead atoms. The number of carbonyl (C=O) groups excluding carboxylic acids is 1. The summed E-state index contributed by atoms with van der Waals surface area (Å²) in [7, 11) is 0. The Balaban J connectivity index is 0.00000210. The summed E-state index contributed by atoms with van der Waals surface area (Å²) in [6.45, 7) is 11.0. The number of aliphatic hydroxyl groups is 1. The Labute approximate surface area is 243 Å².